The minimum Gasteiger partial charge on any atom is -0.492 e. The smallest absolute Gasteiger partial charge is 0.254 e. The monoisotopic (exact) mass is 473 g/mol. The van der Waals surface area contributed by atoms with Gasteiger partial charge in [-0.2, -0.15) is 0 Å². The number of hydrogen-bond acceptors (Lipinski definition) is 6. The van der Waals surface area contributed by atoms with Crippen LogP contribution in [0.2, 0.25) is 0 Å². The second-order valence-corrected chi connectivity index (χ2v) is 10.5. The van der Waals surface area contributed by atoms with E-state index in [-0.39, 0.29) is 24.2 Å². The van der Waals surface area contributed by atoms with Gasteiger partial charge >= 0.3 is 0 Å². The van der Waals surface area contributed by atoms with Crippen molar-refractivity contribution in [1.82, 2.24) is 14.5 Å². The van der Waals surface area contributed by atoms with Gasteiger partial charge in [-0.3, -0.25) is 9.59 Å². The molecule has 0 spiro atoms. The average Bonchev–Trinajstić information content (AvgIpc) is 3.45. The molecule has 7 heteroatoms. The van der Waals surface area contributed by atoms with E-state index in [0.717, 1.165) is 45.5 Å². The highest BCUT2D eigenvalue weighted by molar-refractivity contribution is 5.97. The van der Waals surface area contributed by atoms with E-state index >= 15 is 0 Å². The van der Waals surface area contributed by atoms with E-state index in [9.17, 15) is 14.7 Å². The SMILES string of the molecule is CC[C@@]1(O)C(=O)CCc2c1cc1n(c2=O)Cc2c-1nc1c(C)c(C)c3c(c1c2CN(C)C)OCC3. The summed E-state index contributed by atoms with van der Waals surface area (Å²) in [5, 5.41) is 12.3. The molecule has 0 fully saturated rings. The van der Waals surface area contributed by atoms with Crippen LogP contribution in [0.15, 0.2) is 10.9 Å². The van der Waals surface area contributed by atoms with Crippen molar-refractivity contribution in [3.05, 3.63) is 55.4 Å². The van der Waals surface area contributed by atoms with Crippen molar-refractivity contribution in [2.24, 2.45) is 0 Å². The number of ketones is 1. The molecule has 0 bridgehead atoms. The largest absolute Gasteiger partial charge is 0.492 e. The van der Waals surface area contributed by atoms with Gasteiger partial charge in [-0.05, 0) is 63.5 Å². The second-order valence-electron chi connectivity index (χ2n) is 10.5. The van der Waals surface area contributed by atoms with Crippen LogP contribution in [0.4, 0.5) is 0 Å². The summed E-state index contributed by atoms with van der Waals surface area (Å²) in [7, 11) is 4.08. The van der Waals surface area contributed by atoms with Crippen LogP contribution in [-0.2, 0) is 36.3 Å². The summed E-state index contributed by atoms with van der Waals surface area (Å²) in [5.74, 6) is 0.720. The molecule has 1 N–H and O–H groups in total. The number of pyridine rings is 2. The predicted octanol–water partition coefficient (Wildman–Crippen LogP) is 3.15. The number of hydrogen-bond donors (Lipinski definition) is 1. The highest BCUT2D eigenvalue weighted by atomic mass is 16.5. The third-order valence-corrected chi connectivity index (χ3v) is 8.34. The Kier molecular flexibility index (Phi) is 4.80. The molecule has 3 aliphatic rings. The van der Waals surface area contributed by atoms with Gasteiger partial charge < -0.3 is 19.3 Å². The lowest BCUT2D eigenvalue weighted by atomic mass is 9.77. The molecule has 2 aromatic heterocycles. The summed E-state index contributed by atoms with van der Waals surface area (Å²) in [6.07, 6.45) is 1.69. The highest BCUT2D eigenvalue weighted by Crippen LogP contribution is 2.46. The van der Waals surface area contributed by atoms with E-state index in [1.165, 1.54) is 11.1 Å². The number of carbonyl (C=O) groups excluding carboxylic acids is 1. The molecule has 0 amide bonds. The van der Waals surface area contributed by atoms with Crippen LogP contribution in [0, 0.1) is 13.8 Å². The van der Waals surface area contributed by atoms with Crippen molar-refractivity contribution in [2.75, 3.05) is 20.7 Å². The molecule has 1 aromatic carbocycles. The Labute approximate surface area is 204 Å². The summed E-state index contributed by atoms with van der Waals surface area (Å²) in [5.41, 5.74) is 7.40. The Morgan fingerprint density at radius 1 is 1.11 bits per heavy atom. The van der Waals surface area contributed by atoms with Gasteiger partial charge in [-0.1, -0.05) is 6.92 Å². The van der Waals surface area contributed by atoms with Gasteiger partial charge in [0.25, 0.3) is 5.56 Å². The zero-order valence-electron chi connectivity index (χ0n) is 21.0. The van der Waals surface area contributed by atoms with Gasteiger partial charge in [0.2, 0.25) is 0 Å². The molecule has 0 radical (unpaired) electrons. The van der Waals surface area contributed by atoms with Crippen LogP contribution >= 0.6 is 0 Å². The molecular weight excluding hydrogens is 442 g/mol. The molecular formula is C28H31N3O4. The number of aromatic nitrogens is 2. The number of rotatable bonds is 3. The lowest BCUT2D eigenvalue weighted by Gasteiger charge is -2.32. The fourth-order valence-electron chi connectivity index (χ4n) is 6.30. The van der Waals surface area contributed by atoms with Crippen LogP contribution < -0.4 is 10.3 Å². The number of benzene rings is 1. The Morgan fingerprint density at radius 3 is 2.60 bits per heavy atom. The molecule has 1 atom stereocenters. The number of fused-ring (bicyclic) bond motifs is 7. The highest BCUT2D eigenvalue weighted by Gasteiger charge is 2.43. The fraction of sp³-hybridized carbons (Fsp3) is 0.464. The molecule has 2 aliphatic heterocycles. The molecule has 35 heavy (non-hydrogen) atoms. The van der Waals surface area contributed by atoms with Crippen molar-refractivity contribution in [3.8, 4) is 17.1 Å². The van der Waals surface area contributed by atoms with Crippen molar-refractivity contribution in [1.29, 1.82) is 0 Å². The quantitative estimate of drug-likeness (QED) is 0.492. The van der Waals surface area contributed by atoms with E-state index in [1.54, 1.807) is 11.5 Å². The molecule has 7 nitrogen and oxygen atoms in total. The summed E-state index contributed by atoms with van der Waals surface area (Å²) < 4.78 is 7.95. The molecule has 0 saturated carbocycles. The molecule has 182 valence electrons. The van der Waals surface area contributed by atoms with E-state index in [1.807, 2.05) is 20.2 Å². The molecule has 6 rings (SSSR count). The van der Waals surface area contributed by atoms with Gasteiger partial charge in [0.05, 0.1) is 30.1 Å². The van der Waals surface area contributed by atoms with Gasteiger partial charge in [-0.25, -0.2) is 4.98 Å². The average molecular weight is 474 g/mol. The van der Waals surface area contributed by atoms with Crippen molar-refractivity contribution >= 4 is 16.7 Å². The lowest BCUT2D eigenvalue weighted by molar-refractivity contribution is -0.140. The first-order valence-electron chi connectivity index (χ1n) is 12.5. The zero-order valence-corrected chi connectivity index (χ0v) is 21.0. The number of aryl methyl sites for hydroxylation is 1. The van der Waals surface area contributed by atoms with Crippen LogP contribution in [-0.4, -0.2) is 46.0 Å². The third kappa shape index (κ3) is 2.88. The van der Waals surface area contributed by atoms with E-state index in [4.69, 9.17) is 9.72 Å². The molecule has 4 heterocycles. The van der Waals surface area contributed by atoms with Gasteiger partial charge in [0, 0.05) is 47.0 Å². The Bertz CT molecular complexity index is 1520. The number of nitrogens with zero attached hydrogens (tertiary/aromatic N) is 3. The van der Waals surface area contributed by atoms with Crippen LogP contribution in [0.1, 0.15) is 58.7 Å². The van der Waals surface area contributed by atoms with Crippen LogP contribution in [0.5, 0.6) is 5.75 Å². The van der Waals surface area contributed by atoms with E-state index in [2.05, 4.69) is 18.7 Å². The maximum Gasteiger partial charge on any atom is 0.254 e. The fourth-order valence-corrected chi connectivity index (χ4v) is 6.30. The maximum absolute atomic E-state index is 13.7. The normalized spacial score (nSPS) is 20.1. The topological polar surface area (TPSA) is 84.7 Å². The van der Waals surface area contributed by atoms with Gasteiger partial charge in [0.15, 0.2) is 5.78 Å². The summed E-state index contributed by atoms with van der Waals surface area (Å²) >= 11 is 0. The van der Waals surface area contributed by atoms with Gasteiger partial charge in [-0.15, -0.1) is 0 Å². The first-order valence-corrected chi connectivity index (χ1v) is 12.5. The number of Topliss-reactive ketones (excluding diaryl/α,β-unsaturated/α-hetero) is 1. The molecule has 3 aromatic rings. The molecule has 0 saturated heterocycles. The van der Waals surface area contributed by atoms with E-state index < -0.39 is 5.60 Å². The number of carbonyl (C=O) groups is 1. The first-order chi connectivity index (χ1) is 16.7. The van der Waals surface area contributed by atoms with Crippen molar-refractivity contribution in [2.45, 2.75) is 65.1 Å². The number of aliphatic hydroxyl groups is 1. The summed E-state index contributed by atoms with van der Waals surface area (Å²) in [6.45, 7) is 7.83. The minimum atomic E-state index is -1.62. The second kappa shape index (κ2) is 7.48. The van der Waals surface area contributed by atoms with Crippen molar-refractivity contribution < 1.29 is 14.6 Å². The van der Waals surface area contributed by atoms with Crippen LogP contribution in [0.25, 0.3) is 22.3 Å². The first kappa shape index (κ1) is 22.4. The minimum absolute atomic E-state index is 0.121. The summed E-state index contributed by atoms with van der Waals surface area (Å²) in [6, 6.07) is 1.85. The Morgan fingerprint density at radius 2 is 1.89 bits per heavy atom. The number of ether oxygens (including phenoxy) is 1. The third-order valence-electron chi connectivity index (χ3n) is 8.34. The zero-order chi connectivity index (χ0) is 24.8. The van der Waals surface area contributed by atoms with Gasteiger partial charge in [0.1, 0.15) is 11.4 Å². The Hall–Kier alpha value is -3.03. The molecule has 0 unspecified atom stereocenters. The summed E-state index contributed by atoms with van der Waals surface area (Å²) in [4.78, 5) is 33.7. The predicted molar refractivity (Wildman–Crippen MR) is 134 cm³/mol. The van der Waals surface area contributed by atoms with Crippen LogP contribution in [0.3, 0.4) is 0 Å². The lowest BCUT2D eigenvalue weighted by Crippen LogP contribution is -2.43. The van der Waals surface area contributed by atoms with E-state index in [0.29, 0.717) is 42.9 Å². The maximum atomic E-state index is 13.7. The standard InChI is InChI=1S/C28H31N3O4/c1-6-28(34)20-11-21-25-19(13-31(21)27(33)17(20)7-8-22(28)32)18(12-30(4)5)23-24(29-25)15(3)14(2)16-9-10-35-26(16)23/h11,34H,6-10,12-13H2,1-5H3/t28-/m0/s1. The Balaban J connectivity index is 1.71. The van der Waals surface area contributed by atoms with Crippen molar-refractivity contribution in [3.63, 3.8) is 0 Å². The molecule has 1 aliphatic carbocycles.